The molecular weight excluding hydrogens is 1020 g/mol. The van der Waals surface area contributed by atoms with Gasteiger partial charge in [-0.25, -0.2) is 14.3 Å². The number of nitrogens with one attached hydrogen (secondary N) is 4. The predicted molar refractivity (Wildman–Crippen MR) is 297 cm³/mol. The number of aromatic nitrogens is 3. The summed E-state index contributed by atoms with van der Waals surface area (Å²) in [4.78, 5) is 102. The Morgan fingerprint density at radius 1 is 0.885 bits per heavy atom. The minimum atomic E-state index is -4.48. The molecule has 7 rings (SSSR count). The second-order valence-corrected chi connectivity index (χ2v) is 22.1. The number of primary amides is 1. The van der Waals surface area contributed by atoms with Gasteiger partial charge < -0.3 is 31.9 Å². The van der Waals surface area contributed by atoms with Crippen molar-refractivity contribution in [1.82, 2.24) is 35.0 Å². The number of thioether (sulfide) groups is 1. The highest BCUT2D eigenvalue weighted by molar-refractivity contribution is 8.00. The molecule has 2 aromatic heterocycles. The Morgan fingerprint density at radius 2 is 1.62 bits per heavy atom. The topological polar surface area (TPSA) is 220 Å². The van der Waals surface area contributed by atoms with Crippen LogP contribution in [0.25, 0.3) is 16.6 Å². The number of carbonyl (C=O) groups excluding carboxylic acids is 5. The molecule has 1 saturated heterocycles. The molecule has 3 aromatic carbocycles. The Balaban J connectivity index is 1.04. The molecule has 1 saturated carbocycles. The SMILES string of the molecule is C=C1CC2CSC(CCCCC(=O)NCCCCC(NC(=O)C(CN(C)C(=O)c3ccc(CC(F)(F)F)cc3)NC(=O)Cn3c(=O)n(-c4cccc(C)c4)c(=O)c4cnc(NCCc5cccc(C)c5)cc43)C(N)=O)C2C1C. The molecule has 16 nitrogen and oxygen atoms in total. The first-order chi connectivity index (χ1) is 37.1. The van der Waals surface area contributed by atoms with Gasteiger partial charge in [0.1, 0.15) is 24.4 Å². The molecule has 2 aliphatic rings. The number of rotatable bonds is 25. The zero-order chi connectivity index (χ0) is 56.3. The van der Waals surface area contributed by atoms with Crippen molar-refractivity contribution < 1.29 is 37.1 Å². The summed E-state index contributed by atoms with van der Waals surface area (Å²) < 4.78 is 41.3. The number of pyridine rings is 1. The number of carbonyl (C=O) groups is 5. The standard InChI is InChI=1S/C58H70F3N9O7S/c1-35-12-10-14-39(26-35)23-25-63-49-29-47-44(31-65-49)56(76)70(43-15-11-13-36(2)27-43)57(77)69(47)33-51(72)66-46(32-68(5)55(75)41-21-19-40(20-22-41)30-58(59,60)61)54(74)67-45(53(62)73)16-8-9-24-64-50(71)18-7-6-17-48-52-38(4)37(3)28-42(52)34-78-48/h10-15,19-22,26-27,29,31,38,42,45-46,48,52H,3,6-9,16-18,23-25,28,30,32-34H2,1-2,4-5H3,(H2,62,73)(H,63,65)(H,64,71)(H,66,72)(H,67,74). The largest absolute Gasteiger partial charge is 0.393 e. The van der Waals surface area contributed by atoms with E-state index in [9.17, 15) is 46.7 Å². The maximum absolute atomic E-state index is 14.5. The summed E-state index contributed by atoms with van der Waals surface area (Å²) >= 11 is 2.05. The van der Waals surface area contributed by atoms with Crippen molar-refractivity contribution in [2.75, 3.05) is 37.8 Å². The number of aryl methyl sites for hydroxylation is 2. The molecule has 78 heavy (non-hydrogen) atoms. The molecule has 20 heteroatoms. The minimum absolute atomic E-state index is 0.00361. The van der Waals surface area contributed by atoms with Gasteiger partial charge >= 0.3 is 11.9 Å². The molecule has 2 fully saturated rings. The van der Waals surface area contributed by atoms with Gasteiger partial charge in [-0.05, 0) is 123 Å². The first-order valence-electron chi connectivity index (χ1n) is 26.5. The van der Waals surface area contributed by atoms with E-state index >= 15 is 0 Å². The lowest BCUT2D eigenvalue weighted by Crippen LogP contribution is -2.57. The van der Waals surface area contributed by atoms with Crippen molar-refractivity contribution in [2.45, 2.75) is 115 Å². The van der Waals surface area contributed by atoms with E-state index in [4.69, 9.17) is 5.73 Å². The lowest BCUT2D eigenvalue weighted by Gasteiger charge is -2.26. The number of benzene rings is 3. The van der Waals surface area contributed by atoms with Crippen LogP contribution in [0.5, 0.6) is 0 Å². The van der Waals surface area contributed by atoms with E-state index in [0.29, 0.717) is 67.6 Å². The number of amides is 5. The van der Waals surface area contributed by atoms with E-state index in [1.165, 1.54) is 54.9 Å². The van der Waals surface area contributed by atoms with Crippen molar-refractivity contribution in [3.8, 4) is 5.69 Å². The number of likely N-dealkylation sites (N-methyl/N-ethyl adjacent to an activating group) is 1. The molecule has 416 valence electrons. The smallest absolute Gasteiger partial charge is 0.370 e. The maximum atomic E-state index is 14.5. The molecular formula is C58H70F3N9O7S. The summed E-state index contributed by atoms with van der Waals surface area (Å²) in [7, 11) is 1.32. The molecule has 6 atom stereocenters. The summed E-state index contributed by atoms with van der Waals surface area (Å²) in [6.45, 7) is 9.85. The molecule has 1 aliphatic carbocycles. The van der Waals surface area contributed by atoms with Crippen LogP contribution in [0, 0.1) is 31.6 Å². The van der Waals surface area contributed by atoms with Crippen molar-refractivity contribution in [3.63, 3.8) is 0 Å². The predicted octanol–water partition coefficient (Wildman–Crippen LogP) is 6.94. The highest BCUT2D eigenvalue weighted by atomic mass is 32.2. The Kier molecular flexibility index (Phi) is 19.8. The maximum Gasteiger partial charge on any atom is 0.393 e. The van der Waals surface area contributed by atoms with Crippen LogP contribution in [-0.2, 0) is 38.6 Å². The first kappa shape index (κ1) is 58.5. The second-order valence-electron chi connectivity index (χ2n) is 20.8. The van der Waals surface area contributed by atoms with Gasteiger partial charge in [-0.2, -0.15) is 24.9 Å². The number of unbranched alkanes of at least 4 members (excludes halogenated alkanes) is 2. The Labute approximate surface area is 456 Å². The van der Waals surface area contributed by atoms with Crippen LogP contribution < -0.4 is 38.2 Å². The number of anilines is 1. The van der Waals surface area contributed by atoms with Crippen LogP contribution in [0.4, 0.5) is 19.0 Å². The van der Waals surface area contributed by atoms with Gasteiger partial charge in [0.2, 0.25) is 23.6 Å². The third kappa shape index (κ3) is 15.5. The van der Waals surface area contributed by atoms with Gasteiger partial charge in [0, 0.05) is 56.2 Å². The van der Waals surface area contributed by atoms with Crippen molar-refractivity contribution in [1.29, 1.82) is 0 Å². The van der Waals surface area contributed by atoms with Crippen LogP contribution in [0.3, 0.4) is 0 Å². The molecule has 3 heterocycles. The Bertz CT molecular complexity index is 3130. The number of hydrogen-bond acceptors (Lipinski definition) is 10. The van der Waals surface area contributed by atoms with Crippen molar-refractivity contribution in [3.05, 3.63) is 146 Å². The fourth-order valence-electron chi connectivity index (χ4n) is 10.6. The van der Waals surface area contributed by atoms with Crippen LogP contribution in [0.15, 0.2) is 107 Å². The quantitative estimate of drug-likeness (QED) is 0.0299. The number of alkyl halides is 3. The summed E-state index contributed by atoms with van der Waals surface area (Å²) in [5, 5.41) is 12.0. The number of fused-ring (bicyclic) bond motifs is 2. The lowest BCUT2D eigenvalue weighted by atomic mass is 9.86. The third-order valence-electron chi connectivity index (χ3n) is 14.7. The Morgan fingerprint density at radius 3 is 2.32 bits per heavy atom. The number of nitrogens with zero attached hydrogens (tertiary/aromatic N) is 4. The van der Waals surface area contributed by atoms with Crippen molar-refractivity contribution >= 4 is 58.0 Å². The monoisotopic (exact) mass is 1090 g/mol. The van der Waals surface area contributed by atoms with Gasteiger partial charge in [-0.15, -0.1) is 0 Å². The highest BCUT2D eigenvalue weighted by Gasteiger charge is 2.45. The van der Waals surface area contributed by atoms with Crippen LogP contribution in [0.2, 0.25) is 0 Å². The van der Waals surface area contributed by atoms with E-state index in [1.54, 1.807) is 31.2 Å². The number of allylic oxidation sites excluding steroid dienone is 1. The first-order valence-corrected chi connectivity index (χ1v) is 27.6. The van der Waals surface area contributed by atoms with E-state index in [2.05, 4.69) is 57.6 Å². The number of hydrogen-bond donors (Lipinski definition) is 5. The van der Waals surface area contributed by atoms with Crippen molar-refractivity contribution in [2.24, 2.45) is 23.5 Å². The number of nitrogens with two attached hydrogens (primary N) is 1. The van der Waals surface area contributed by atoms with Crippen LogP contribution in [-0.4, -0.2) is 104 Å². The number of halogens is 3. The molecule has 1 aliphatic heterocycles. The van der Waals surface area contributed by atoms with Gasteiger partial charge in [-0.1, -0.05) is 79.6 Å². The van der Waals surface area contributed by atoms with E-state index in [1.807, 2.05) is 25.1 Å². The molecule has 5 amide bonds. The Hall–Kier alpha value is -7.22. The zero-order valence-electron chi connectivity index (χ0n) is 44.6. The lowest BCUT2D eigenvalue weighted by molar-refractivity contribution is -0.131. The van der Waals surface area contributed by atoms with E-state index in [0.717, 1.165) is 56.4 Å². The molecule has 0 radical (unpaired) electrons. The van der Waals surface area contributed by atoms with E-state index in [-0.39, 0.29) is 40.0 Å². The molecule has 6 N–H and O–H groups in total. The van der Waals surface area contributed by atoms with Gasteiger partial charge in [0.05, 0.1) is 23.0 Å². The summed E-state index contributed by atoms with van der Waals surface area (Å²) in [5.74, 6) is -0.0403. The molecule has 6 unspecified atom stereocenters. The van der Waals surface area contributed by atoms with Gasteiger partial charge in [-0.3, -0.25) is 33.3 Å². The second kappa shape index (κ2) is 26.4. The normalized spacial score (nSPS) is 17.8. The zero-order valence-corrected chi connectivity index (χ0v) is 45.4. The fraction of sp³-hybridized carbons (Fsp3) is 0.448. The highest BCUT2D eigenvalue weighted by Crippen LogP contribution is 2.53. The average Bonchev–Trinajstić information content (AvgIpc) is 4.03. The summed E-state index contributed by atoms with van der Waals surface area (Å²) in [6.07, 6.45) is 1.48. The minimum Gasteiger partial charge on any atom is -0.370 e. The molecule has 0 bridgehead atoms. The van der Waals surface area contributed by atoms with Crippen LogP contribution in [0.1, 0.15) is 90.9 Å². The third-order valence-corrected chi connectivity index (χ3v) is 16.3. The summed E-state index contributed by atoms with van der Waals surface area (Å²) in [6, 6.07) is 18.1. The van der Waals surface area contributed by atoms with Crippen LogP contribution >= 0.6 is 11.8 Å². The summed E-state index contributed by atoms with van der Waals surface area (Å²) in [5.41, 5.74) is 8.72. The van der Waals surface area contributed by atoms with Gasteiger partial charge in [0.25, 0.3) is 11.5 Å². The average molecular weight is 1090 g/mol. The van der Waals surface area contributed by atoms with Gasteiger partial charge in [0.15, 0.2) is 0 Å². The molecule has 5 aromatic rings. The van der Waals surface area contributed by atoms with E-state index < -0.39 is 72.6 Å². The fourth-order valence-corrected chi connectivity index (χ4v) is 12.5. The molecule has 0 spiro atoms.